The predicted molar refractivity (Wildman–Crippen MR) is 95.0 cm³/mol. The van der Waals surface area contributed by atoms with E-state index < -0.39 is 0 Å². The minimum absolute atomic E-state index is 0.350. The van der Waals surface area contributed by atoms with Crippen LogP contribution in [-0.4, -0.2) is 14.8 Å². The van der Waals surface area contributed by atoms with Crippen molar-refractivity contribution in [1.82, 2.24) is 14.8 Å². The fourth-order valence-electron chi connectivity index (χ4n) is 3.64. The van der Waals surface area contributed by atoms with Crippen molar-refractivity contribution in [3.63, 3.8) is 0 Å². The van der Waals surface area contributed by atoms with Crippen LogP contribution in [0.5, 0.6) is 0 Å². The van der Waals surface area contributed by atoms with Gasteiger partial charge < -0.3 is 0 Å². The van der Waals surface area contributed by atoms with Crippen molar-refractivity contribution in [2.24, 2.45) is 5.92 Å². The zero-order valence-electron chi connectivity index (χ0n) is 13.3. The van der Waals surface area contributed by atoms with Crippen LogP contribution in [0.3, 0.4) is 0 Å². The highest BCUT2D eigenvalue weighted by atomic mass is 35.5. The van der Waals surface area contributed by atoms with Crippen molar-refractivity contribution in [3.05, 3.63) is 46.5 Å². The zero-order valence-corrected chi connectivity index (χ0v) is 14.8. The Hall–Kier alpha value is -1.06. The molecule has 5 heteroatoms. The van der Waals surface area contributed by atoms with Crippen LogP contribution in [0, 0.1) is 5.92 Å². The highest BCUT2D eigenvalue weighted by molar-refractivity contribution is 6.35. The second kappa shape index (κ2) is 8.16. The van der Waals surface area contributed by atoms with Crippen molar-refractivity contribution in [3.8, 4) is 0 Å². The first-order chi connectivity index (χ1) is 11.2. The third kappa shape index (κ3) is 4.71. The molecule has 1 atom stereocenters. The van der Waals surface area contributed by atoms with E-state index in [0.717, 1.165) is 23.9 Å². The van der Waals surface area contributed by atoms with Crippen LogP contribution in [0.15, 0.2) is 30.9 Å². The Morgan fingerprint density at radius 1 is 1.17 bits per heavy atom. The van der Waals surface area contributed by atoms with Gasteiger partial charge in [0, 0.05) is 22.5 Å². The van der Waals surface area contributed by atoms with Gasteiger partial charge in [-0.1, -0.05) is 61.4 Å². The Balaban J connectivity index is 1.72. The van der Waals surface area contributed by atoms with Crippen LogP contribution in [0.25, 0.3) is 0 Å². The average molecular weight is 352 g/mol. The maximum absolute atomic E-state index is 6.46. The van der Waals surface area contributed by atoms with E-state index in [1.165, 1.54) is 44.1 Å². The van der Waals surface area contributed by atoms with Crippen LogP contribution in [0.2, 0.25) is 10.0 Å². The van der Waals surface area contributed by atoms with Crippen LogP contribution >= 0.6 is 23.2 Å². The summed E-state index contributed by atoms with van der Waals surface area (Å²) in [7, 11) is 0. The highest BCUT2D eigenvalue weighted by Crippen LogP contribution is 2.35. The van der Waals surface area contributed by atoms with Crippen molar-refractivity contribution in [2.75, 3.05) is 0 Å². The summed E-state index contributed by atoms with van der Waals surface area (Å²) in [5.74, 6) is 1.22. The van der Waals surface area contributed by atoms with Crippen LogP contribution in [0.1, 0.15) is 56.4 Å². The fourth-order valence-corrected chi connectivity index (χ4v) is 4.21. The molecule has 1 aromatic carbocycles. The summed E-state index contributed by atoms with van der Waals surface area (Å²) in [6.45, 7) is 0.814. The second-order valence-corrected chi connectivity index (χ2v) is 7.41. The quantitative estimate of drug-likeness (QED) is 0.665. The largest absolute Gasteiger partial charge is 0.252 e. The number of nitrogens with zero attached hydrogens (tertiary/aromatic N) is 3. The number of halogens is 2. The molecule has 1 fully saturated rings. The zero-order chi connectivity index (χ0) is 16.1. The molecule has 1 unspecified atom stereocenters. The normalized spacial score (nSPS) is 17.3. The average Bonchev–Trinajstić information content (AvgIpc) is 3.06. The summed E-state index contributed by atoms with van der Waals surface area (Å²) < 4.78 is 1.90. The summed E-state index contributed by atoms with van der Waals surface area (Å²) in [4.78, 5) is 4.05. The number of aromatic nitrogens is 3. The van der Waals surface area contributed by atoms with E-state index in [-0.39, 0.29) is 0 Å². The Morgan fingerprint density at radius 2 is 2.00 bits per heavy atom. The van der Waals surface area contributed by atoms with E-state index in [2.05, 4.69) is 16.1 Å². The number of rotatable bonds is 6. The third-order valence-electron chi connectivity index (χ3n) is 4.92. The number of hydrogen-bond donors (Lipinski definition) is 0. The molecule has 23 heavy (non-hydrogen) atoms. The van der Waals surface area contributed by atoms with E-state index in [9.17, 15) is 0 Å². The molecular formula is C18H23Cl2N3. The summed E-state index contributed by atoms with van der Waals surface area (Å²) in [5, 5.41) is 5.70. The second-order valence-electron chi connectivity index (χ2n) is 6.56. The predicted octanol–water partition coefficient (Wildman–Crippen LogP) is 5.73. The molecule has 3 rings (SSSR count). The molecule has 0 radical (unpaired) electrons. The first-order valence-corrected chi connectivity index (χ1v) is 9.25. The summed E-state index contributed by atoms with van der Waals surface area (Å²) in [5.41, 5.74) is 1.17. The lowest BCUT2D eigenvalue weighted by Crippen LogP contribution is -2.13. The van der Waals surface area contributed by atoms with E-state index >= 15 is 0 Å². The highest BCUT2D eigenvalue weighted by Gasteiger charge is 2.20. The van der Waals surface area contributed by atoms with E-state index in [0.29, 0.717) is 10.9 Å². The summed E-state index contributed by atoms with van der Waals surface area (Å²) in [6.07, 6.45) is 12.7. The van der Waals surface area contributed by atoms with Gasteiger partial charge in [-0.3, -0.25) is 4.68 Å². The van der Waals surface area contributed by atoms with Gasteiger partial charge in [0.05, 0.1) is 0 Å². The smallest absolute Gasteiger partial charge is 0.137 e. The van der Waals surface area contributed by atoms with Gasteiger partial charge >= 0.3 is 0 Å². The van der Waals surface area contributed by atoms with Crippen molar-refractivity contribution < 1.29 is 0 Å². The van der Waals surface area contributed by atoms with Crippen molar-refractivity contribution >= 4 is 23.2 Å². The van der Waals surface area contributed by atoms with Gasteiger partial charge in [0.15, 0.2) is 0 Å². The van der Waals surface area contributed by atoms with E-state index in [1.54, 1.807) is 12.7 Å². The molecule has 0 aliphatic heterocycles. The lowest BCUT2D eigenvalue weighted by atomic mass is 9.83. The van der Waals surface area contributed by atoms with Gasteiger partial charge in [-0.2, -0.15) is 5.10 Å². The molecule has 1 aromatic heterocycles. The van der Waals surface area contributed by atoms with Gasteiger partial charge in [-0.05, 0) is 36.5 Å². The van der Waals surface area contributed by atoms with Crippen LogP contribution in [0.4, 0.5) is 0 Å². The Kier molecular flexibility index (Phi) is 5.96. The molecule has 1 heterocycles. The molecule has 0 amide bonds. The SMILES string of the molecule is Clc1ccc(C(CCC2CCCCC2)Cn2cncn2)c(Cl)c1. The van der Waals surface area contributed by atoms with E-state index in [4.69, 9.17) is 23.2 Å². The standard InChI is InChI=1S/C18H23Cl2N3/c19-16-8-9-17(18(20)10-16)15(11-23-13-21-12-22-23)7-6-14-4-2-1-3-5-14/h8-10,12-15H,1-7,11H2. The van der Waals surface area contributed by atoms with Gasteiger partial charge in [0.1, 0.15) is 12.7 Å². The topological polar surface area (TPSA) is 30.7 Å². The third-order valence-corrected chi connectivity index (χ3v) is 5.49. The summed E-state index contributed by atoms with van der Waals surface area (Å²) >= 11 is 12.5. The van der Waals surface area contributed by atoms with Crippen LogP contribution < -0.4 is 0 Å². The van der Waals surface area contributed by atoms with Gasteiger partial charge in [0.25, 0.3) is 0 Å². The lowest BCUT2D eigenvalue weighted by Gasteiger charge is -2.25. The first-order valence-electron chi connectivity index (χ1n) is 8.49. The Morgan fingerprint density at radius 3 is 2.70 bits per heavy atom. The molecule has 124 valence electrons. The maximum atomic E-state index is 6.46. The monoisotopic (exact) mass is 351 g/mol. The Bertz CT molecular complexity index is 607. The van der Waals surface area contributed by atoms with Crippen molar-refractivity contribution in [2.45, 2.75) is 57.4 Å². The molecule has 0 spiro atoms. The van der Waals surface area contributed by atoms with Gasteiger partial charge in [-0.15, -0.1) is 0 Å². The summed E-state index contributed by atoms with van der Waals surface area (Å²) in [6, 6.07) is 5.83. The maximum Gasteiger partial charge on any atom is 0.137 e. The fraction of sp³-hybridized carbons (Fsp3) is 0.556. The molecule has 1 aliphatic carbocycles. The number of benzene rings is 1. The molecule has 2 aromatic rings. The molecular weight excluding hydrogens is 329 g/mol. The minimum Gasteiger partial charge on any atom is -0.252 e. The lowest BCUT2D eigenvalue weighted by molar-refractivity contribution is 0.316. The molecule has 3 nitrogen and oxygen atoms in total. The van der Waals surface area contributed by atoms with Crippen LogP contribution in [-0.2, 0) is 6.54 Å². The van der Waals surface area contributed by atoms with E-state index in [1.807, 2.05) is 16.8 Å². The minimum atomic E-state index is 0.350. The first kappa shape index (κ1) is 16.8. The van der Waals surface area contributed by atoms with Gasteiger partial charge in [-0.25, -0.2) is 4.98 Å². The molecule has 1 saturated carbocycles. The molecule has 1 aliphatic rings. The molecule has 0 saturated heterocycles. The Labute approximate surface area is 148 Å². The molecule has 0 bridgehead atoms. The molecule has 0 N–H and O–H groups in total. The van der Waals surface area contributed by atoms with Crippen molar-refractivity contribution in [1.29, 1.82) is 0 Å². The number of hydrogen-bond acceptors (Lipinski definition) is 2. The van der Waals surface area contributed by atoms with Gasteiger partial charge in [0.2, 0.25) is 0 Å².